The fourth-order valence-corrected chi connectivity index (χ4v) is 2.70. The maximum atomic E-state index is 11.1. The summed E-state index contributed by atoms with van der Waals surface area (Å²) < 4.78 is 0. The van der Waals surface area contributed by atoms with Gasteiger partial charge in [-0.05, 0) is 48.9 Å². The number of hydrogen-bond donors (Lipinski definition) is 2. The normalized spacial score (nSPS) is 10.4. The fraction of sp³-hybridized carbons (Fsp3) is 0.263. The number of benzene rings is 2. The Hall–Kier alpha value is -2.62. The van der Waals surface area contributed by atoms with E-state index in [1.165, 1.54) is 0 Å². The Morgan fingerprint density at radius 3 is 1.43 bits per heavy atom. The molecule has 0 saturated heterocycles. The Bertz CT molecular complexity index is 632. The molecule has 0 aromatic heterocycles. The van der Waals surface area contributed by atoms with Crippen LogP contribution in [0.3, 0.4) is 0 Å². The first-order valence-electron chi connectivity index (χ1n) is 7.72. The molecule has 0 spiro atoms. The smallest absolute Gasteiger partial charge is 0.335 e. The number of rotatable bonds is 8. The van der Waals surface area contributed by atoms with Crippen molar-refractivity contribution in [2.75, 3.05) is 0 Å². The minimum absolute atomic E-state index is 0.365. The average molecular weight is 312 g/mol. The van der Waals surface area contributed by atoms with Crippen LogP contribution < -0.4 is 0 Å². The van der Waals surface area contributed by atoms with E-state index in [0.717, 1.165) is 43.2 Å². The first kappa shape index (κ1) is 16.7. The average Bonchev–Trinajstić information content (AvgIpc) is 2.55. The summed E-state index contributed by atoms with van der Waals surface area (Å²) in [5.74, 6) is -1.79. The number of unbranched alkanes of at least 4 members (excludes halogenated alkanes) is 2. The number of carbonyl (C=O) groups is 2. The van der Waals surface area contributed by atoms with Crippen LogP contribution in [-0.4, -0.2) is 22.2 Å². The van der Waals surface area contributed by atoms with Gasteiger partial charge >= 0.3 is 11.9 Å². The molecule has 4 heteroatoms. The standard InChI is InChI=1S/C19H20O4/c20-18(21)16-12-6-4-10-14(16)8-2-1-3-9-15-11-5-7-13-17(15)19(22)23/h4-7,10-13H,1-3,8-9H2,(H,20,21)(H,22,23). The Balaban J connectivity index is 1.83. The van der Waals surface area contributed by atoms with Gasteiger partial charge in [-0.3, -0.25) is 0 Å². The first-order chi connectivity index (χ1) is 11.1. The van der Waals surface area contributed by atoms with Gasteiger partial charge in [-0.2, -0.15) is 0 Å². The van der Waals surface area contributed by atoms with Gasteiger partial charge in [0.1, 0.15) is 0 Å². The van der Waals surface area contributed by atoms with Crippen LogP contribution in [0.2, 0.25) is 0 Å². The third-order valence-corrected chi connectivity index (χ3v) is 3.89. The molecule has 0 bridgehead atoms. The van der Waals surface area contributed by atoms with Crippen LogP contribution in [0, 0.1) is 0 Å². The summed E-state index contributed by atoms with van der Waals surface area (Å²) in [6.45, 7) is 0. The summed E-state index contributed by atoms with van der Waals surface area (Å²) in [4.78, 5) is 22.3. The zero-order chi connectivity index (χ0) is 16.7. The summed E-state index contributed by atoms with van der Waals surface area (Å²) in [6, 6.07) is 14.1. The van der Waals surface area contributed by atoms with Crippen LogP contribution in [0.25, 0.3) is 0 Å². The van der Waals surface area contributed by atoms with E-state index in [2.05, 4.69) is 0 Å². The van der Waals surface area contributed by atoms with E-state index < -0.39 is 11.9 Å². The fourth-order valence-electron chi connectivity index (χ4n) is 2.70. The van der Waals surface area contributed by atoms with Gasteiger partial charge in [0.2, 0.25) is 0 Å². The van der Waals surface area contributed by atoms with Gasteiger partial charge in [-0.15, -0.1) is 0 Å². The van der Waals surface area contributed by atoms with Crippen LogP contribution in [0.1, 0.15) is 51.1 Å². The van der Waals surface area contributed by atoms with Crippen LogP contribution in [0.5, 0.6) is 0 Å². The Labute approximate surface area is 135 Å². The van der Waals surface area contributed by atoms with Gasteiger partial charge in [0.15, 0.2) is 0 Å². The summed E-state index contributed by atoms with van der Waals surface area (Å²) in [5.41, 5.74) is 2.43. The lowest BCUT2D eigenvalue weighted by molar-refractivity contribution is 0.0685. The van der Waals surface area contributed by atoms with Crippen LogP contribution in [-0.2, 0) is 12.8 Å². The molecule has 0 aliphatic heterocycles. The molecule has 0 saturated carbocycles. The highest BCUT2D eigenvalue weighted by atomic mass is 16.4. The molecule has 2 N–H and O–H groups in total. The molecule has 0 amide bonds. The Morgan fingerprint density at radius 1 is 0.652 bits per heavy atom. The lowest BCUT2D eigenvalue weighted by Gasteiger charge is -2.07. The number of carboxylic acid groups (broad SMARTS) is 2. The predicted octanol–water partition coefficient (Wildman–Crippen LogP) is 4.04. The van der Waals surface area contributed by atoms with Crippen LogP contribution >= 0.6 is 0 Å². The van der Waals surface area contributed by atoms with Gasteiger partial charge in [0.25, 0.3) is 0 Å². The van der Waals surface area contributed by atoms with E-state index >= 15 is 0 Å². The summed E-state index contributed by atoms with van der Waals surface area (Å²) in [6.07, 6.45) is 4.16. The van der Waals surface area contributed by atoms with Gasteiger partial charge in [0.05, 0.1) is 11.1 Å². The molecular weight excluding hydrogens is 292 g/mol. The highest BCUT2D eigenvalue weighted by molar-refractivity contribution is 5.89. The molecule has 0 unspecified atom stereocenters. The molecule has 120 valence electrons. The Kier molecular flexibility index (Phi) is 5.92. The minimum atomic E-state index is -0.893. The van der Waals surface area contributed by atoms with Crippen molar-refractivity contribution < 1.29 is 19.8 Å². The molecule has 0 fully saturated rings. The maximum Gasteiger partial charge on any atom is 0.335 e. The molecule has 4 nitrogen and oxygen atoms in total. The topological polar surface area (TPSA) is 74.6 Å². The summed E-state index contributed by atoms with van der Waals surface area (Å²) in [5, 5.41) is 18.3. The SMILES string of the molecule is O=C(O)c1ccccc1CCCCCc1ccccc1C(=O)O. The number of aryl methyl sites for hydroxylation is 2. The number of aromatic carboxylic acids is 2. The maximum absolute atomic E-state index is 11.1. The van der Waals surface area contributed by atoms with Crippen LogP contribution in [0.4, 0.5) is 0 Å². The van der Waals surface area contributed by atoms with Gasteiger partial charge < -0.3 is 10.2 Å². The lowest BCUT2D eigenvalue weighted by Crippen LogP contribution is -2.03. The molecule has 0 atom stereocenters. The Morgan fingerprint density at radius 2 is 1.04 bits per heavy atom. The summed E-state index contributed by atoms with van der Waals surface area (Å²) >= 11 is 0. The number of hydrogen-bond acceptors (Lipinski definition) is 2. The number of carboxylic acids is 2. The highest BCUT2D eigenvalue weighted by Gasteiger charge is 2.10. The van der Waals surface area contributed by atoms with Crippen molar-refractivity contribution in [3.8, 4) is 0 Å². The quantitative estimate of drug-likeness (QED) is 0.721. The molecular formula is C19H20O4. The molecule has 2 aromatic rings. The van der Waals surface area contributed by atoms with Gasteiger partial charge in [-0.1, -0.05) is 42.8 Å². The van der Waals surface area contributed by atoms with E-state index in [9.17, 15) is 9.59 Å². The van der Waals surface area contributed by atoms with Crippen molar-refractivity contribution in [3.63, 3.8) is 0 Å². The monoisotopic (exact) mass is 312 g/mol. The van der Waals surface area contributed by atoms with Crippen molar-refractivity contribution in [1.82, 2.24) is 0 Å². The van der Waals surface area contributed by atoms with E-state index in [1.54, 1.807) is 24.3 Å². The van der Waals surface area contributed by atoms with E-state index in [0.29, 0.717) is 11.1 Å². The third-order valence-electron chi connectivity index (χ3n) is 3.89. The van der Waals surface area contributed by atoms with E-state index in [1.807, 2.05) is 24.3 Å². The molecule has 23 heavy (non-hydrogen) atoms. The first-order valence-corrected chi connectivity index (χ1v) is 7.72. The molecule has 2 aromatic carbocycles. The van der Waals surface area contributed by atoms with E-state index in [-0.39, 0.29) is 0 Å². The van der Waals surface area contributed by atoms with Crippen molar-refractivity contribution in [1.29, 1.82) is 0 Å². The third kappa shape index (κ3) is 4.68. The highest BCUT2D eigenvalue weighted by Crippen LogP contribution is 2.16. The molecule has 0 aliphatic carbocycles. The van der Waals surface area contributed by atoms with Crippen molar-refractivity contribution >= 4 is 11.9 Å². The van der Waals surface area contributed by atoms with E-state index in [4.69, 9.17) is 10.2 Å². The van der Waals surface area contributed by atoms with Crippen molar-refractivity contribution in [2.45, 2.75) is 32.1 Å². The van der Waals surface area contributed by atoms with Crippen molar-refractivity contribution in [3.05, 3.63) is 70.8 Å². The second-order valence-corrected chi connectivity index (χ2v) is 5.49. The predicted molar refractivity (Wildman–Crippen MR) is 88.1 cm³/mol. The van der Waals surface area contributed by atoms with Crippen LogP contribution in [0.15, 0.2) is 48.5 Å². The lowest BCUT2D eigenvalue weighted by atomic mass is 9.98. The molecule has 2 rings (SSSR count). The van der Waals surface area contributed by atoms with Gasteiger partial charge in [0, 0.05) is 0 Å². The second kappa shape index (κ2) is 8.13. The summed E-state index contributed by atoms with van der Waals surface area (Å²) in [7, 11) is 0. The molecule has 0 heterocycles. The van der Waals surface area contributed by atoms with Crippen molar-refractivity contribution in [2.24, 2.45) is 0 Å². The van der Waals surface area contributed by atoms with Gasteiger partial charge in [-0.25, -0.2) is 9.59 Å². The molecule has 0 aliphatic rings. The zero-order valence-corrected chi connectivity index (χ0v) is 12.9. The zero-order valence-electron chi connectivity index (χ0n) is 12.9. The largest absolute Gasteiger partial charge is 0.478 e. The molecule has 0 radical (unpaired) electrons. The second-order valence-electron chi connectivity index (χ2n) is 5.49. The minimum Gasteiger partial charge on any atom is -0.478 e.